The van der Waals surface area contributed by atoms with E-state index in [1.54, 1.807) is 28.4 Å². The van der Waals surface area contributed by atoms with Crippen molar-refractivity contribution >= 4 is 5.91 Å². The van der Waals surface area contributed by atoms with Crippen LogP contribution in [0, 0.1) is 0 Å². The van der Waals surface area contributed by atoms with Gasteiger partial charge in [0, 0.05) is 19.8 Å². The van der Waals surface area contributed by atoms with Crippen LogP contribution in [0.3, 0.4) is 0 Å². The third-order valence-corrected chi connectivity index (χ3v) is 5.30. The number of carbonyl (C=O) groups is 1. The molecule has 9 heteroatoms. The van der Waals surface area contributed by atoms with Gasteiger partial charge in [0.15, 0.2) is 11.5 Å². The van der Waals surface area contributed by atoms with Gasteiger partial charge in [0.1, 0.15) is 18.9 Å². The predicted octanol–water partition coefficient (Wildman–Crippen LogP) is 0.598. The van der Waals surface area contributed by atoms with Gasteiger partial charge in [-0.25, -0.2) is 4.68 Å². The monoisotopic (exact) mass is 380 g/mol. The largest absolute Gasteiger partial charge is 0.488 e. The standard InChI is InChI=1S/C19H20N6O3/c1-22-18-14-11-20-21-24(14)10-9-23(18)19(27)16-17(15(26)7-8-25(16)22)28-12-13-5-3-2-4-6-13/h2-8,11,15,18,26H,9-10,12H2,1H3. The van der Waals surface area contributed by atoms with Crippen LogP contribution in [0.5, 0.6) is 0 Å². The second-order valence-electron chi connectivity index (χ2n) is 6.95. The van der Waals surface area contributed by atoms with Crippen molar-refractivity contribution in [2.75, 3.05) is 13.6 Å². The molecule has 1 aromatic carbocycles. The Labute approximate surface area is 161 Å². The van der Waals surface area contributed by atoms with Crippen molar-refractivity contribution in [2.24, 2.45) is 0 Å². The zero-order valence-corrected chi connectivity index (χ0v) is 15.3. The van der Waals surface area contributed by atoms with Crippen molar-refractivity contribution in [3.05, 3.63) is 71.5 Å². The molecule has 28 heavy (non-hydrogen) atoms. The summed E-state index contributed by atoms with van der Waals surface area (Å²) in [6.45, 7) is 1.36. The van der Waals surface area contributed by atoms with Gasteiger partial charge < -0.3 is 14.7 Å². The topological polar surface area (TPSA) is 87.0 Å². The number of aliphatic hydroxyl groups is 1. The third-order valence-electron chi connectivity index (χ3n) is 5.30. The summed E-state index contributed by atoms with van der Waals surface area (Å²) < 4.78 is 7.75. The normalized spacial score (nSPS) is 24.1. The molecule has 9 nitrogen and oxygen atoms in total. The van der Waals surface area contributed by atoms with Crippen LogP contribution in [0.15, 0.2) is 60.3 Å². The Morgan fingerprint density at radius 3 is 2.89 bits per heavy atom. The number of rotatable bonds is 3. The van der Waals surface area contributed by atoms with Gasteiger partial charge in [0.05, 0.1) is 18.4 Å². The van der Waals surface area contributed by atoms with Crippen LogP contribution in [0.25, 0.3) is 0 Å². The van der Waals surface area contributed by atoms with Gasteiger partial charge in [-0.05, 0) is 11.6 Å². The number of carbonyl (C=O) groups excluding carboxylic acids is 1. The van der Waals surface area contributed by atoms with Crippen molar-refractivity contribution < 1.29 is 14.6 Å². The highest BCUT2D eigenvalue weighted by Gasteiger charge is 2.47. The number of amides is 1. The van der Waals surface area contributed by atoms with Crippen molar-refractivity contribution in [1.82, 2.24) is 29.9 Å². The van der Waals surface area contributed by atoms with Crippen LogP contribution in [-0.4, -0.2) is 60.6 Å². The Balaban J connectivity index is 1.51. The quantitative estimate of drug-likeness (QED) is 0.834. The highest BCUT2D eigenvalue weighted by atomic mass is 16.5. The molecule has 1 fully saturated rings. The molecule has 1 amide bonds. The Morgan fingerprint density at radius 1 is 1.25 bits per heavy atom. The second-order valence-corrected chi connectivity index (χ2v) is 6.95. The Bertz CT molecular complexity index is 969. The number of ether oxygens (including phenoxy) is 1. The first-order valence-corrected chi connectivity index (χ1v) is 9.14. The molecule has 0 spiro atoms. The smallest absolute Gasteiger partial charge is 0.277 e. The summed E-state index contributed by atoms with van der Waals surface area (Å²) in [6.07, 6.45) is 3.72. The highest BCUT2D eigenvalue weighted by molar-refractivity contribution is 5.95. The van der Waals surface area contributed by atoms with Crippen molar-refractivity contribution in [2.45, 2.75) is 25.4 Å². The summed E-state index contributed by atoms with van der Waals surface area (Å²) in [5.74, 6) is 0.0841. The van der Waals surface area contributed by atoms with Gasteiger partial charge in [0.2, 0.25) is 0 Å². The molecular formula is C19H20N6O3. The lowest BCUT2D eigenvalue weighted by Crippen LogP contribution is -2.60. The number of fused-ring (bicyclic) bond motifs is 4. The fraction of sp³-hybridized carbons (Fsp3) is 0.316. The van der Waals surface area contributed by atoms with Crippen molar-refractivity contribution in [3.63, 3.8) is 0 Å². The average molecular weight is 380 g/mol. The van der Waals surface area contributed by atoms with E-state index in [1.807, 2.05) is 47.1 Å². The van der Waals surface area contributed by atoms with E-state index in [0.29, 0.717) is 18.8 Å². The van der Waals surface area contributed by atoms with Crippen LogP contribution in [0.2, 0.25) is 0 Å². The van der Waals surface area contributed by atoms with E-state index in [0.717, 1.165) is 11.3 Å². The van der Waals surface area contributed by atoms with Gasteiger partial charge in [-0.2, -0.15) is 5.01 Å². The maximum atomic E-state index is 13.4. The summed E-state index contributed by atoms with van der Waals surface area (Å²) >= 11 is 0. The number of aromatic nitrogens is 3. The Hall–Kier alpha value is -3.17. The summed E-state index contributed by atoms with van der Waals surface area (Å²) in [7, 11) is 1.89. The molecule has 4 heterocycles. The van der Waals surface area contributed by atoms with Crippen LogP contribution < -0.4 is 0 Å². The van der Waals surface area contributed by atoms with Crippen LogP contribution in [0.1, 0.15) is 17.4 Å². The van der Waals surface area contributed by atoms with Crippen molar-refractivity contribution in [3.8, 4) is 0 Å². The first-order valence-electron chi connectivity index (χ1n) is 9.14. The molecule has 1 N–H and O–H groups in total. The molecule has 3 aliphatic heterocycles. The van der Waals surface area contributed by atoms with Gasteiger partial charge in [-0.3, -0.25) is 9.80 Å². The van der Waals surface area contributed by atoms with Crippen molar-refractivity contribution in [1.29, 1.82) is 0 Å². The van der Waals surface area contributed by atoms with E-state index in [4.69, 9.17) is 4.74 Å². The fourth-order valence-corrected chi connectivity index (χ4v) is 3.92. The average Bonchev–Trinajstić information content (AvgIpc) is 3.20. The molecule has 2 aromatic rings. The zero-order valence-electron chi connectivity index (χ0n) is 15.3. The molecule has 0 bridgehead atoms. The molecule has 144 valence electrons. The summed E-state index contributed by atoms with van der Waals surface area (Å²) in [5, 5.41) is 22.2. The van der Waals surface area contributed by atoms with Crippen LogP contribution in [-0.2, 0) is 22.7 Å². The first kappa shape index (κ1) is 17.0. The van der Waals surface area contributed by atoms with Gasteiger partial charge in [-0.15, -0.1) is 5.10 Å². The molecule has 1 saturated heterocycles. The summed E-state index contributed by atoms with van der Waals surface area (Å²) in [5.41, 5.74) is 2.16. The number of benzene rings is 1. The first-order chi connectivity index (χ1) is 13.6. The lowest BCUT2D eigenvalue weighted by atomic mass is 10.1. The maximum Gasteiger partial charge on any atom is 0.277 e. The molecule has 0 aliphatic carbocycles. The molecular weight excluding hydrogens is 360 g/mol. The maximum absolute atomic E-state index is 13.4. The summed E-state index contributed by atoms with van der Waals surface area (Å²) in [6, 6.07) is 9.67. The fourth-order valence-electron chi connectivity index (χ4n) is 3.92. The van der Waals surface area contributed by atoms with E-state index in [2.05, 4.69) is 10.3 Å². The molecule has 1 aromatic heterocycles. The van der Waals surface area contributed by atoms with Gasteiger partial charge in [-0.1, -0.05) is 35.5 Å². The van der Waals surface area contributed by atoms with Crippen LogP contribution >= 0.6 is 0 Å². The number of hydrazine groups is 1. The van der Waals surface area contributed by atoms with E-state index >= 15 is 0 Å². The molecule has 3 aliphatic rings. The minimum absolute atomic E-state index is 0.179. The molecule has 0 radical (unpaired) electrons. The number of aliphatic hydroxyl groups excluding tert-OH is 1. The Morgan fingerprint density at radius 2 is 2.07 bits per heavy atom. The SMILES string of the molecule is CN1C2c3cnnn3CCN2C(=O)C2=C(OCc3ccccc3)C(O)C=CN21. The minimum atomic E-state index is -0.971. The zero-order chi connectivity index (χ0) is 19.3. The molecule has 2 atom stereocenters. The molecule has 2 unspecified atom stereocenters. The van der Waals surface area contributed by atoms with E-state index in [-0.39, 0.29) is 24.4 Å². The lowest BCUT2D eigenvalue weighted by Gasteiger charge is -2.51. The Kier molecular flexibility index (Phi) is 3.92. The lowest BCUT2D eigenvalue weighted by molar-refractivity contribution is -0.161. The number of hydrogen-bond donors (Lipinski definition) is 1. The van der Waals surface area contributed by atoms with E-state index in [1.165, 1.54) is 0 Å². The molecule has 0 saturated carbocycles. The van der Waals surface area contributed by atoms with Gasteiger partial charge in [0.25, 0.3) is 5.91 Å². The second kappa shape index (κ2) is 6.47. The minimum Gasteiger partial charge on any atom is -0.488 e. The molecule has 5 rings (SSSR count). The number of hydrogen-bond acceptors (Lipinski definition) is 7. The van der Waals surface area contributed by atoms with E-state index in [9.17, 15) is 9.90 Å². The summed E-state index contributed by atoms with van der Waals surface area (Å²) in [4.78, 5) is 15.1. The van der Waals surface area contributed by atoms with Gasteiger partial charge >= 0.3 is 0 Å². The predicted molar refractivity (Wildman–Crippen MR) is 97.5 cm³/mol. The third kappa shape index (κ3) is 2.51. The van der Waals surface area contributed by atoms with Crippen LogP contribution in [0.4, 0.5) is 0 Å². The highest BCUT2D eigenvalue weighted by Crippen LogP contribution is 2.39. The number of nitrogens with zero attached hydrogens (tertiary/aromatic N) is 6. The van der Waals surface area contributed by atoms with E-state index < -0.39 is 6.10 Å².